The molecule has 5 nitrogen and oxygen atoms in total. The van der Waals surface area contributed by atoms with Gasteiger partial charge in [0.1, 0.15) is 5.82 Å². The summed E-state index contributed by atoms with van der Waals surface area (Å²) < 4.78 is 1.71. The van der Waals surface area contributed by atoms with Gasteiger partial charge in [0.2, 0.25) is 5.91 Å². The predicted octanol–water partition coefficient (Wildman–Crippen LogP) is 4.15. The zero-order valence-electron chi connectivity index (χ0n) is 16.8. The van der Waals surface area contributed by atoms with E-state index < -0.39 is 0 Å². The molecule has 0 aliphatic carbocycles. The molecule has 1 heterocycles. The molecular formula is C23H27N3O2. The molecule has 3 rings (SSSR count). The maximum Gasteiger partial charge on any atom is 0.261 e. The Bertz CT molecular complexity index is 1010. The second-order valence-electron chi connectivity index (χ2n) is 6.97. The maximum absolute atomic E-state index is 13.3. The quantitative estimate of drug-likeness (QED) is 0.621. The molecule has 0 spiro atoms. The highest BCUT2D eigenvalue weighted by Gasteiger charge is 2.24. The summed E-state index contributed by atoms with van der Waals surface area (Å²) in [4.78, 5) is 32.5. The lowest BCUT2D eigenvalue weighted by molar-refractivity contribution is -0.133. The largest absolute Gasteiger partial charge is 0.333 e. The second kappa shape index (κ2) is 8.83. The lowest BCUT2D eigenvalue weighted by Crippen LogP contribution is -2.37. The Morgan fingerprint density at radius 3 is 2.43 bits per heavy atom. The van der Waals surface area contributed by atoms with Gasteiger partial charge < -0.3 is 4.90 Å². The Morgan fingerprint density at radius 2 is 1.75 bits per heavy atom. The van der Waals surface area contributed by atoms with Crippen LogP contribution in [-0.4, -0.2) is 26.9 Å². The summed E-state index contributed by atoms with van der Waals surface area (Å²) in [5, 5.41) is 0.595. The molecule has 5 heteroatoms. The van der Waals surface area contributed by atoms with Crippen molar-refractivity contribution < 1.29 is 4.79 Å². The van der Waals surface area contributed by atoms with E-state index in [0.29, 0.717) is 36.2 Å². The Labute approximate surface area is 165 Å². The van der Waals surface area contributed by atoms with E-state index in [-0.39, 0.29) is 17.5 Å². The lowest BCUT2D eigenvalue weighted by Gasteiger charge is -2.29. The van der Waals surface area contributed by atoms with Gasteiger partial charge in [0.05, 0.1) is 23.5 Å². The first-order valence-electron chi connectivity index (χ1n) is 9.89. The van der Waals surface area contributed by atoms with Crippen molar-refractivity contribution in [2.24, 2.45) is 0 Å². The maximum atomic E-state index is 13.3. The van der Waals surface area contributed by atoms with Crippen LogP contribution >= 0.6 is 0 Å². The fraction of sp³-hybridized carbons (Fsp3) is 0.348. The molecule has 0 saturated heterocycles. The minimum Gasteiger partial charge on any atom is -0.333 e. The first-order valence-corrected chi connectivity index (χ1v) is 9.89. The van der Waals surface area contributed by atoms with Crippen LogP contribution in [0.4, 0.5) is 0 Å². The molecule has 1 amide bonds. The number of para-hydroxylation sites is 1. The van der Waals surface area contributed by atoms with Gasteiger partial charge in [-0.15, -0.1) is 0 Å². The van der Waals surface area contributed by atoms with Crippen molar-refractivity contribution in [3.05, 3.63) is 76.3 Å². The molecule has 0 aliphatic rings. The number of nitrogens with zero attached hydrogens (tertiary/aromatic N) is 3. The van der Waals surface area contributed by atoms with Crippen molar-refractivity contribution >= 4 is 16.8 Å². The van der Waals surface area contributed by atoms with Crippen molar-refractivity contribution in [2.45, 2.75) is 46.2 Å². The smallest absolute Gasteiger partial charge is 0.261 e. The van der Waals surface area contributed by atoms with Gasteiger partial charge in [-0.1, -0.05) is 49.4 Å². The Hall–Kier alpha value is -2.95. The van der Waals surface area contributed by atoms with Crippen molar-refractivity contribution in [3.8, 4) is 0 Å². The number of benzene rings is 2. The second-order valence-corrected chi connectivity index (χ2v) is 6.97. The minimum atomic E-state index is -0.287. The first-order chi connectivity index (χ1) is 13.6. The van der Waals surface area contributed by atoms with Gasteiger partial charge in [-0.25, -0.2) is 4.98 Å². The summed E-state index contributed by atoms with van der Waals surface area (Å²) in [5.41, 5.74) is 1.62. The number of carbonyl (C=O) groups is 1. The van der Waals surface area contributed by atoms with Gasteiger partial charge in [-0.3, -0.25) is 14.2 Å². The number of carbonyl (C=O) groups excluding carboxylic acids is 1. The third kappa shape index (κ3) is 3.98. The van der Waals surface area contributed by atoms with Crippen LogP contribution in [0.25, 0.3) is 10.9 Å². The van der Waals surface area contributed by atoms with Gasteiger partial charge in [-0.2, -0.15) is 0 Å². The van der Waals surface area contributed by atoms with E-state index in [0.717, 1.165) is 12.0 Å². The highest BCUT2D eigenvalue weighted by atomic mass is 16.2. The number of fused-ring (bicyclic) bond motifs is 1. The molecule has 0 bridgehead atoms. The summed E-state index contributed by atoms with van der Waals surface area (Å²) in [5.74, 6) is 0.713. The molecule has 2 aromatic carbocycles. The standard InChI is InChI=1S/C23H27N3O2/c1-4-11-21(27)25(5-2)17(3)22-24-20-15-10-9-14-19(20)23(28)26(22)16-18-12-7-6-8-13-18/h6-10,12-15,17H,4-5,11,16H2,1-3H3. The summed E-state index contributed by atoms with van der Waals surface area (Å²) in [6.45, 7) is 6.92. The average Bonchev–Trinajstić information content (AvgIpc) is 2.71. The Kier molecular flexibility index (Phi) is 6.24. The molecule has 1 atom stereocenters. The number of amides is 1. The third-order valence-corrected chi connectivity index (χ3v) is 5.04. The molecule has 1 unspecified atom stereocenters. The molecular weight excluding hydrogens is 350 g/mol. The predicted molar refractivity (Wildman–Crippen MR) is 112 cm³/mol. The summed E-state index contributed by atoms with van der Waals surface area (Å²) in [6, 6.07) is 17.0. The SMILES string of the molecule is CCCC(=O)N(CC)C(C)c1nc2ccccc2c(=O)n1Cc1ccccc1. The lowest BCUT2D eigenvalue weighted by atomic mass is 10.1. The molecule has 0 N–H and O–H groups in total. The van der Waals surface area contributed by atoms with Gasteiger partial charge in [0, 0.05) is 13.0 Å². The molecule has 0 aliphatic heterocycles. The number of hydrogen-bond donors (Lipinski definition) is 0. The molecule has 0 fully saturated rings. The Balaban J connectivity index is 2.15. The molecule has 0 saturated carbocycles. The van der Waals surface area contributed by atoms with Gasteiger partial charge in [0.25, 0.3) is 5.56 Å². The van der Waals surface area contributed by atoms with Crippen LogP contribution in [0.2, 0.25) is 0 Å². The van der Waals surface area contributed by atoms with E-state index in [4.69, 9.17) is 4.98 Å². The van der Waals surface area contributed by atoms with Crippen LogP contribution in [0.5, 0.6) is 0 Å². The van der Waals surface area contributed by atoms with Crippen LogP contribution in [0.15, 0.2) is 59.4 Å². The van der Waals surface area contributed by atoms with Gasteiger partial charge >= 0.3 is 0 Å². The van der Waals surface area contributed by atoms with E-state index >= 15 is 0 Å². The van der Waals surface area contributed by atoms with Crippen LogP contribution < -0.4 is 5.56 Å². The van der Waals surface area contributed by atoms with Crippen molar-refractivity contribution in [1.82, 2.24) is 14.5 Å². The van der Waals surface area contributed by atoms with Gasteiger partial charge in [-0.05, 0) is 38.0 Å². The van der Waals surface area contributed by atoms with E-state index in [1.54, 1.807) is 10.6 Å². The van der Waals surface area contributed by atoms with E-state index in [2.05, 4.69) is 0 Å². The zero-order valence-corrected chi connectivity index (χ0v) is 16.8. The molecule has 3 aromatic rings. The summed E-state index contributed by atoms with van der Waals surface area (Å²) in [7, 11) is 0. The Morgan fingerprint density at radius 1 is 1.07 bits per heavy atom. The van der Waals surface area contributed by atoms with Gasteiger partial charge in [0.15, 0.2) is 0 Å². The monoisotopic (exact) mass is 377 g/mol. The fourth-order valence-electron chi connectivity index (χ4n) is 3.59. The third-order valence-electron chi connectivity index (χ3n) is 5.04. The molecule has 0 radical (unpaired) electrons. The topological polar surface area (TPSA) is 55.2 Å². The van der Waals surface area contributed by atoms with E-state index in [1.807, 2.05) is 74.2 Å². The van der Waals surface area contributed by atoms with Crippen LogP contribution in [0.1, 0.15) is 51.0 Å². The average molecular weight is 377 g/mol. The fourth-order valence-corrected chi connectivity index (χ4v) is 3.59. The summed E-state index contributed by atoms with van der Waals surface area (Å²) in [6.07, 6.45) is 1.29. The normalized spacial score (nSPS) is 12.1. The van der Waals surface area contributed by atoms with E-state index in [1.165, 1.54) is 0 Å². The first kappa shape index (κ1) is 19.8. The highest BCUT2D eigenvalue weighted by Crippen LogP contribution is 2.21. The van der Waals surface area contributed by atoms with E-state index in [9.17, 15) is 9.59 Å². The molecule has 28 heavy (non-hydrogen) atoms. The number of aromatic nitrogens is 2. The minimum absolute atomic E-state index is 0.0738. The zero-order chi connectivity index (χ0) is 20.1. The van der Waals surface area contributed by atoms with Crippen LogP contribution in [0.3, 0.4) is 0 Å². The molecule has 146 valence electrons. The van der Waals surface area contributed by atoms with Crippen molar-refractivity contribution in [2.75, 3.05) is 6.54 Å². The van der Waals surface area contributed by atoms with Crippen molar-refractivity contribution in [1.29, 1.82) is 0 Å². The highest BCUT2D eigenvalue weighted by molar-refractivity contribution is 5.78. The molecule has 1 aromatic heterocycles. The summed E-state index contributed by atoms with van der Waals surface area (Å²) >= 11 is 0. The van der Waals surface area contributed by atoms with Crippen LogP contribution in [0, 0.1) is 0 Å². The van der Waals surface area contributed by atoms with Crippen LogP contribution in [-0.2, 0) is 11.3 Å². The number of rotatable bonds is 7. The number of hydrogen-bond acceptors (Lipinski definition) is 3. The van der Waals surface area contributed by atoms with Crippen molar-refractivity contribution in [3.63, 3.8) is 0 Å².